The molecule has 1 aliphatic carbocycles. The maximum absolute atomic E-state index is 5.77. The summed E-state index contributed by atoms with van der Waals surface area (Å²) in [5.41, 5.74) is -0.634. The molecular formula is C5H8B2Cl4. The smallest absolute Gasteiger partial charge is 0.171 e. The normalized spacial score (nSPS) is 30.5. The molecule has 0 saturated heterocycles. The van der Waals surface area contributed by atoms with Crippen LogP contribution in [0.5, 0.6) is 0 Å². The van der Waals surface area contributed by atoms with Crippen molar-refractivity contribution in [2.24, 2.45) is 0 Å². The van der Waals surface area contributed by atoms with Gasteiger partial charge >= 0.3 is 11.1 Å². The van der Waals surface area contributed by atoms with Crippen LogP contribution >= 0.6 is 45.8 Å². The van der Waals surface area contributed by atoms with Crippen LogP contribution in [0.3, 0.4) is 0 Å². The predicted molar refractivity (Wildman–Crippen MR) is 56.3 cm³/mol. The molecule has 1 saturated carbocycles. The molecule has 0 spiro atoms. The summed E-state index contributed by atoms with van der Waals surface area (Å²) in [5, 5.41) is 0. The van der Waals surface area contributed by atoms with Crippen LogP contribution in [0, 0.1) is 0 Å². The lowest BCUT2D eigenvalue weighted by Crippen LogP contribution is -2.15. The topological polar surface area (TPSA) is 0 Å². The van der Waals surface area contributed by atoms with Gasteiger partial charge in [-0.2, -0.15) is 45.8 Å². The van der Waals surface area contributed by atoms with Crippen molar-refractivity contribution in [3.63, 3.8) is 0 Å². The Morgan fingerprint density at radius 2 is 1.18 bits per heavy atom. The minimum Gasteiger partial charge on any atom is -0.171 e. The van der Waals surface area contributed by atoms with Gasteiger partial charge in [-0.25, -0.2) is 0 Å². The van der Waals surface area contributed by atoms with Crippen molar-refractivity contribution < 1.29 is 0 Å². The van der Waals surface area contributed by atoms with Crippen LogP contribution < -0.4 is 0 Å². The van der Waals surface area contributed by atoms with Crippen LogP contribution in [0.1, 0.15) is 19.3 Å². The van der Waals surface area contributed by atoms with Gasteiger partial charge in [-0.1, -0.05) is 19.3 Å². The first-order valence-corrected chi connectivity index (χ1v) is 5.44. The SMILES string of the molecule is ClB(Cl)[C@H]1CCC[C@H]1B(Cl)Cl. The highest BCUT2D eigenvalue weighted by Crippen LogP contribution is 2.48. The van der Waals surface area contributed by atoms with E-state index in [9.17, 15) is 0 Å². The second-order valence-corrected chi connectivity index (χ2v) is 5.26. The molecule has 0 heterocycles. The number of halogens is 4. The summed E-state index contributed by atoms with van der Waals surface area (Å²) in [6, 6.07) is 0. The molecule has 0 amide bonds. The van der Waals surface area contributed by atoms with E-state index in [4.69, 9.17) is 45.8 Å². The van der Waals surface area contributed by atoms with Crippen molar-refractivity contribution in [3.8, 4) is 0 Å². The van der Waals surface area contributed by atoms with Crippen LogP contribution in [0.15, 0.2) is 0 Å². The fourth-order valence-electron chi connectivity index (χ4n) is 1.64. The first-order valence-electron chi connectivity index (χ1n) is 3.69. The molecule has 0 nitrogen and oxygen atoms in total. The molecule has 0 unspecified atom stereocenters. The average Bonchev–Trinajstić information content (AvgIpc) is 2.32. The lowest BCUT2D eigenvalue weighted by atomic mass is 9.66. The van der Waals surface area contributed by atoms with E-state index in [1.54, 1.807) is 0 Å². The Balaban J connectivity index is 2.51. The van der Waals surface area contributed by atoms with Crippen molar-refractivity contribution >= 4 is 56.9 Å². The van der Waals surface area contributed by atoms with Crippen LogP contribution in [-0.4, -0.2) is 11.1 Å². The monoisotopic (exact) mass is 230 g/mol. The zero-order valence-corrected chi connectivity index (χ0v) is 8.97. The van der Waals surface area contributed by atoms with Crippen LogP contribution in [0.4, 0.5) is 0 Å². The molecule has 0 radical (unpaired) electrons. The van der Waals surface area contributed by atoms with Gasteiger partial charge in [0, 0.05) is 0 Å². The number of hydrogen-bond donors (Lipinski definition) is 0. The highest BCUT2D eigenvalue weighted by molar-refractivity contribution is 7.37. The van der Waals surface area contributed by atoms with E-state index in [1.807, 2.05) is 0 Å². The van der Waals surface area contributed by atoms with Gasteiger partial charge < -0.3 is 0 Å². The van der Waals surface area contributed by atoms with E-state index in [2.05, 4.69) is 0 Å². The molecule has 2 atom stereocenters. The van der Waals surface area contributed by atoms with E-state index >= 15 is 0 Å². The highest BCUT2D eigenvalue weighted by Gasteiger charge is 2.39. The molecule has 0 aromatic heterocycles. The summed E-state index contributed by atoms with van der Waals surface area (Å²) < 4.78 is 0. The second-order valence-electron chi connectivity index (χ2n) is 2.93. The standard InChI is InChI=1S/C5H8B2Cl4/c8-6(9)4-2-1-3-5(4)7(10)11/h4-5H,1-3H2/t4-,5+. The molecule has 11 heavy (non-hydrogen) atoms. The molecule has 6 heteroatoms. The van der Waals surface area contributed by atoms with Crippen LogP contribution in [0.2, 0.25) is 11.6 Å². The minimum atomic E-state index is -0.317. The summed E-state index contributed by atoms with van der Waals surface area (Å²) in [6.07, 6.45) is 3.25. The minimum absolute atomic E-state index is 0.290. The van der Waals surface area contributed by atoms with Crippen LogP contribution in [-0.2, 0) is 0 Å². The molecule has 0 bridgehead atoms. The molecule has 0 aromatic rings. The predicted octanol–water partition coefficient (Wildman–Crippen LogP) is 3.84. The van der Waals surface area contributed by atoms with E-state index in [-0.39, 0.29) is 11.1 Å². The molecule has 0 aliphatic heterocycles. The van der Waals surface area contributed by atoms with Gasteiger partial charge in [0.2, 0.25) is 0 Å². The van der Waals surface area contributed by atoms with Crippen molar-refractivity contribution in [2.75, 3.05) is 0 Å². The summed E-state index contributed by atoms with van der Waals surface area (Å²) in [6.45, 7) is 0. The molecule has 62 valence electrons. The van der Waals surface area contributed by atoms with Crippen molar-refractivity contribution in [2.45, 2.75) is 30.9 Å². The maximum atomic E-state index is 5.77. The summed E-state index contributed by atoms with van der Waals surface area (Å²) in [7, 11) is 0. The Morgan fingerprint density at radius 3 is 1.45 bits per heavy atom. The zero-order chi connectivity index (χ0) is 8.43. The van der Waals surface area contributed by atoms with Crippen LogP contribution in [0.25, 0.3) is 0 Å². The van der Waals surface area contributed by atoms with Gasteiger partial charge in [-0.3, -0.25) is 0 Å². The summed E-state index contributed by atoms with van der Waals surface area (Å²) in [5.74, 6) is 0.580. The van der Waals surface area contributed by atoms with Gasteiger partial charge in [0.25, 0.3) is 0 Å². The second kappa shape index (κ2) is 4.50. The Kier molecular flexibility index (Phi) is 4.25. The maximum Gasteiger partial charge on any atom is 0.354 e. The van der Waals surface area contributed by atoms with E-state index in [0.717, 1.165) is 19.3 Å². The number of rotatable bonds is 2. The number of hydrogen-bond acceptors (Lipinski definition) is 0. The third-order valence-electron chi connectivity index (χ3n) is 2.27. The summed E-state index contributed by atoms with van der Waals surface area (Å²) in [4.78, 5) is 0. The fourth-order valence-corrected chi connectivity index (χ4v) is 2.89. The lowest BCUT2D eigenvalue weighted by molar-refractivity contribution is 0.862. The van der Waals surface area contributed by atoms with Crippen molar-refractivity contribution in [3.05, 3.63) is 0 Å². The first-order chi connectivity index (χ1) is 5.13. The lowest BCUT2D eigenvalue weighted by Gasteiger charge is -2.16. The Hall–Kier alpha value is 1.29. The van der Waals surface area contributed by atoms with Crippen molar-refractivity contribution in [1.82, 2.24) is 0 Å². The molecular weight excluding hydrogens is 223 g/mol. The average molecular weight is 232 g/mol. The Labute approximate surface area is 87.7 Å². The Morgan fingerprint density at radius 1 is 0.818 bits per heavy atom. The van der Waals surface area contributed by atoms with E-state index in [0.29, 0.717) is 11.6 Å². The summed E-state index contributed by atoms with van der Waals surface area (Å²) >= 11 is 23.1. The highest BCUT2D eigenvalue weighted by atomic mass is 35.5. The fraction of sp³-hybridized carbons (Fsp3) is 1.00. The third kappa shape index (κ3) is 2.62. The van der Waals surface area contributed by atoms with Gasteiger partial charge in [-0.05, 0) is 11.6 Å². The van der Waals surface area contributed by atoms with Gasteiger partial charge in [0.05, 0.1) is 0 Å². The van der Waals surface area contributed by atoms with Gasteiger partial charge in [0.1, 0.15) is 0 Å². The molecule has 1 fully saturated rings. The molecule has 0 N–H and O–H groups in total. The van der Waals surface area contributed by atoms with Gasteiger partial charge in [-0.15, -0.1) is 0 Å². The third-order valence-corrected chi connectivity index (χ3v) is 3.57. The largest absolute Gasteiger partial charge is 0.354 e. The molecule has 1 rings (SSSR count). The Bertz CT molecular complexity index is 116. The molecule has 1 aliphatic rings. The van der Waals surface area contributed by atoms with E-state index < -0.39 is 0 Å². The van der Waals surface area contributed by atoms with Gasteiger partial charge in [0.15, 0.2) is 0 Å². The first kappa shape index (κ1) is 10.4. The van der Waals surface area contributed by atoms with Crippen molar-refractivity contribution in [1.29, 1.82) is 0 Å². The van der Waals surface area contributed by atoms with E-state index in [1.165, 1.54) is 0 Å². The quantitative estimate of drug-likeness (QED) is 0.634. The molecule has 0 aromatic carbocycles. The zero-order valence-electron chi connectivity index (χ0n) is 5.94.